The lowest BCUT2D eigenvalue weighted by Gasteiger charge is -2.30. The van der Waals surface area contributed by atoms with Crippen molar-refractivity contribution in [3.63, 3.8) is 0 Å². The van der Waals surface area contributed by atoms with Crippen molar-refractivity contribution in [2.24, 2.45) is 5.92 Å². The number of hydrogen-bond acceptors (Lipinski definition) is 2. The average molecular weight is 227 g/mol. The van der Waals surface area contributed by atoms with E-state index in [-0.39, 0.29) is 12.5 Å². The van der Waals surface area contributed by atoms with Crippen LogP contribution in [-0.2, 0) is 4.79 Å². The van der Waals surface area contributed by atoms with Crippen molar-refractivity contribution in [2.45, 2.75) is 58.4 Å². The zero-order valence-electron chi connectivity index (χ0n) is 10.6. The topological polar surface area (TPSA) is 40.5 Å². The van der Waals surface area contributed by atoms with Crippen LogP contribution >= 0.6 is 0 Å². The molecule has 0 bridgehead atoms. The molecule has 0 saturated heterocycles. The fraction of sp³-hybridized carbons (Fsp3) is 0.923. The Kier molecular flexibility index (Phi) is 5.81. The molecule has 94 valence electrons. The Morgan fingerprint density at radius 1 is 1.38 bits per heavy atom. The highest BCUT2D eigenvalue weighted by Crippen LogP contribution is 2.25. The van der Waals surface area contributed by atoms with E-state index in [4.69, 9.17) is 5.11 Å². The van der Waals surface area contributed by atoms with Gasteiger partial charge in [0.15, 0.2) is 0 Å². The molecule has 0 aliphatic heterocycles. The van der Waals surface area contributed by atoms with Crippen molar-refractivity contribution in [3.8, 4) is 0 Å². The van der Waals surface area contributed by atoms with E-state index in [0.717, 1.165) is 19.4 Å². The molecule has 1 aliphatic rings. The van der Waals surface area contributed by atoms with Crippen LogP contribution in [0.1, 0.15) is 52.4 Å². The van der Waals surface area contributed by atoms with E-state index >= 15 is 0 Å². The van der Waals surface area contributed by atoms with Gasteiger partial charge in [0.05, 0.1) is 0 Å². The fourth-order valence-electron chi connectivity index (χ4n) is 2.44. The van der Waals surface area contributed by atoms with Gasteiger partial charge in [-0.3, -0.25) is 4.79 Å². The first-order chi connectivity index (χ1) is 7.65. The van der Waals surface area contributed by atoms with E-state index in [1.165, 1.54) is 12.8 Å². The van der Waals surface area contributed by atoms with E-state index < -0.39 is 0 Å². The van der Waals surface area contributed by atoms with Crippen molar-refractivity contribution < 1.29 is 9.90 Å². The summed E-state index contributed by atoms with van der Waals surface area (Å²) in [4.78, 5) is 14.1. The van der Waals surface area contributed by atoms with Gasteiger partial charge in [-0.2, -0.15) is 0 Å². The lowest BCUT2D eigenvalue weighted by Crippen LogP contribution is -2.41. The van der Waals surface area contributed by atoms with Crippen LogP contribution < -0.4 is 0 Å². The number of aliphatic hydroxyl groups is 1. The van der Waals surface area contributed by atoms with E-state index in [1.54, 1.807) is 0 Å². The zero-order chi connectivity index (χ0) is 12.0. The lowest BCUT2D eigenvalue weighted by molar-refractivity contribution is -0.134. The maximum atomic E-state index is 12.0. The largest absolute Gasteiger partial charge is 0.396 e. The highest BCUT2D eigenvalue weighted by atomic mass is 16.3. The first kappa shape index (κ1) is 13.5. The summed E-state index contributed by atoms with van der Waals surface area (Å²) in [6.07, 6.45) is 5.94. The van der Waals surface area contributed by atoms with Gasteiger partial charge in [-0.1, -0.05) is 26.7 Å². The van der Waals surface area contributed by atoms with Crippen molar-refractivity contribution in [1.29, 1.82) is 0 Å². The van der Waals surface area contributed by atoms with Gasteiger partial charge in [0.1, 0.15) is 0 Å². The van der Waals surface area contributed by atoms with Gasteiger partial charge in [-0.15, -0.1) is 0 Å². The van der Waals surface area contributed by atoms with E-state index in [2.05, 4.69) is 18.7 Å². The summed E-state index contributed by atoms with van der Waals surface area (Å²) in [6.45, 7) is 5.30. The predicted octanol–water partition coefficient (Wildman–Crippen LogP) is 2.19. The minimum Gasteiger partial charge on any atom is -0.396 e. The Morgan fingerprint density at radius 3 is 2.50 bits per heavy atom. The molecule has 0 aromatic heterocycles. The van der Waals surface area contributed by atoms with Crippen LogP contribution in [0.25, 0.3) is 0 Å². The van der Waals surface area contributed by atoms with Crippen LogP contribution in [0.4, 0.5) is 0 Å². The monoisotopic (exact) mass is 227 g/mol. The highest BCUT2D eigenvalue weighted by Gasteiger charge is 2.26. The Balaban J connectivity index is 2.51. The molecular formula is C13H25NO2. The third-order valence-electron chi connectivity index (χ3n) is 3.20. The number of carbonyl (C=O) groups is 1. The number of carbonyl (C=O) groups excluding carboxylic acids is 1. The fourth-order valence-corrected chi connectivity index (χ4v) is 2.44. The van der Waals surface area contributed by atoms with Crippen LogP contribution in [0, 0.1) is 5.92 Å². The Hall–Kier alpha value is -0.570. The number of amides is 1. The van der Waals surface area contributed by atoms with Crippen LogP contribution in [0.15, 0.2) is 0 Å². The second-order valence-electron chi connectivity index (χ2n) is 5.21. The average Bonchev–Trinajstić information content (AvgIpc) is 2.75. The predicted molar refractivity (Wildman–Crippen MR) is 65.1 cm³/mol. The second kappa shape index (κ2) is 6.89. The van der Waals surface area contributed by atoms with Crippen LogP contribution in [-0.4, -0.2) is 35.1 Å². The molecular weight excluding hydrogens is 202 g/mol. The van der Waals surface area contributed by atoms with Crippen molar-refractivity contribution in [1.82, 2.24) is 4.90 Å². The van der Waals surface area contributed by atoms with Gasteiger partial charge in [0.2, 0.25) is 5.91 Å². The highest BCUT2D eigenvalue weighted by molar-refractivity contribution is 5.76. The van der Waals surface area contributed by atoms with Gasteiger partial charge in [0, 0.05) is 25.6 Å². The normalized spacial score (nSPS) is 17.0. The molecule has 0 unspecified atom stereocenters. The molecule has 0 aromatic rings. The molecule has 0 spiro atoms. The Labute approximate surface area is 98.8 Å². The maximum absolute atomic E-state index is 12.0. The van der Waals surface area contributed by atoms with Crippen molar-refractivity contribution in [3.05, 3.63) is 0 Å². The molecule has 3 nitrogen and oxygen atoms in total. The molecule has 0 radical (unpaired) electrons. The lowest BCUT2D eigenvalue weighted by atomic mass is 10.1. The number of rotatable bonds is 6. The summed E-state index contributed by atoms with van der Waals surface area (Å²) in [5.74, 6) is 0.758. The third-order valence-corrected chi connectivity index (χ3v) is 3.20. The first-order valence-electron chi connectivity index (χ1n) is 6.55. The summed E-state index contributed by atoms with van der Waals surface area (Å²) in [5, 5.41) is 8.77. The smallest absolute Gasteiger partial charge is 0.222 e. The summed E-state index contributed by atoms with van der Waals surface area (Å²) in [5.41, 5.74) is 0. The Morgan fingerprint density at radius 2 is 2.00 bits per heavy atom. The van der Waals surface area contributed by atoms with Crippen molar-refractivity contribution >= 4 is 5.91 Å². The molecule has 1 N–H and O–H groups in total. The van der Waals surface area contributed by atoms with Gasteiger partial charge in [-0.25, -0.2) is 0 Å². The minimum atomic E-state index is 0.117. The molecule has 0 heterocycles. The quantitative estimate of drug-likeness (QED) is 0.755. The number of hydrogen-bond donors (Lipinski definition) is 1. The number of nitrogens with zero attached hydrogens (tertiary/aromatic N) is 1. The first-order valence-corrected chi connectivity index (χ1v) is 6.55. The summed E-state index contributed by atoms with van der Waals surface area (Å²) >= 11 is 0. The van der Waals surface area contributed by atoms with Gasteiger partial charge < -0.3 is 10.0 Å². The van der Waals surface area contributed by atoms with E-state index in [0.29, 0.717) is 24.8 Å². The Bertz CT molecular complexity index is 210. The molecule has 1 rings (SSSR count). The van der Waals surface area contributed by atoms with Gasteiger partial charge >= 0.3 is 0 Å². The molecule has 3 heteroatoms. The second-order valence-corrected chi connectivity index (χ2v) is 5.21. The molecule has 1 fully saturated rings. The molecule has 1 amide bonds. The molecule has 0 atom stereocenters. The maximum Gasteiger partial charge on any atom is 0.222 e. The summed E-state index contributed by atoms with van der Waals surface area (Å²) in [7, 11) is 0. The third kappa shape index (κ3) is 4.12. The van der Waals surface area contributed by atoms with Gasteiger partial charge in [0.25, 0.3) is 0 Å². The van der Waals surface area contributed by atoms with Crippen molar-refractivity contribution in [2.75, 3.05) is 13.2 Å². The summed E-state index contributed by atoms with van der Waals surface area (Å²) < 4.78 is 0. The molecule has 0 aromatic carbocycles. The van der Waals surface area contributed by atoms with E-state index in [9.17, 15) is 4.79 Å². The zero-order valence-corrected chi connectivity index (χ0v) is 10.6. The molecule has 1 saturated carbocycles. The minimum absolute atomic E-state index is 0.117. The molecule has 1 aliphatic carbocycles. The molecule has 16 heavy (non-hydrogen) atoms. The van der Waals surface area contributed by atoms with Crippen LogP contribution in [0.5, 0.6) is 0 Å². The van der Waals surface area contributed by atoms with E-state index in [1.807, 2.05) is 0 Å². The summed E-state index contributed by atoms with van der Waals surface area (Å²) in [6, 6.07) is 0.466. The SMILES string of the molecule is CC(C)CN(C(=O)CCCO)C1CCCC1. The number of aliphatic hydroxyl groups excluding tert-OH is 1. The van der Waals surface area contributed by atoms with Gasteiger partial charge in [-0.05, 0) is 25.2 Å². The van der Waals surface area contributed by atoms with Crippen LogP contribution in [0.3, 0.4) is 0 Å². The van der Waals surface area contributed by atoms with Crippen LogP contribution in [0.2, 0.25) is 0 Å². The standard InChI is InChI=1S/C13H25NO2/c1-11(2)10-14(12-6-3-4-7-12)13(16)8-5-9-15/h11-12,15H,3-10H2,1-2H3.